The van der Waals surface area contributed by atoms with Crippen LogP contribution < -0.4 is 9.64 Å². The Kier molecular flexibility index (Phi) is 7.37. The number of para-hydroxylation sites is 2. The first-order valence-electron chi connectivity index (χ1n) is 10.9. The van der Waals surface area contributed by atoms with Crippen molar-refractivity contribution >= 4 is 17.6 Å². The fraction of sp³-hybridized carbons (Fsp3) is 0.231. The largest absolute Gasteiger partial charge is 0.488 e. The average molecular weight is 466 g/mol. The molecule has 0 spiro atoms. The van der Waals surface area contributed by atoms with Crippen LogP contribution in [0.25, 0.3) is 0 Å². The number of hydrogen-bond acceptors (Lipinski definition) is 5. The van der Waals surface area contributed by atoms with E-state index in [-0.39, 0.29) is 29.7 Å². The lowest BCUT2D eigenvalue weighted by molar-refractivity contribution is -0.134. The van der Waals surface area contributed by atoms with Gasteiger partial charge in [0.25, 0.3) is 5.91 Å². The number of rotatable bonds is 7. The molecule has 1 fully saturated rings. The predicted octanol–water partition coefficient (Wildman–Crippen LogP) is 4.05. The second-order valence-electron chi connectivity index (χ2n) is 7.81. The van der Waals surface area contributed by atoms with E-state index in [9.17, 15) is 18.4 Å². The molecule has 4 rings (SSSR count). The molecule has 3 aromatic carbocycles. The zero-order valence-corrected chi connectivity index (χ0v) is 18.5. The molecule has 0 unspecified atom stereocenters. The van der Waals surface area contributed by atoms with Crippen molar-refractivity contribution in [3.63, 3.8) is 0 Å². The molecule has 176 valence electrons. The van der Waals surface area contributed by atoms with Crippen LogP contribution in [0.5, 0.6) is 5.75 Å². The van der Waals surface area contributed by atoms with Gasteiger partial charge in [-0.25, -0.2) is 13.6 Å². The van der Waals surface area contributed by atoms with Crippen molar-refractivity contribution in [3.8, 4) is 5.75 Å². The standard InChI is InChI=1S/C26H24F2N2O4/c27-20-11-9-19(10-12-20)17-33-24-8-4-1-5-21(24)26(32)34-18-25(31)30-15-13-29(14-16-30)23-7-3-2-6-22(23)28/h1-12H,13-18H2. The Morgan fingerprint density at radius 3 is 2.24 bits per heavy atom. The van der Waals surface area contributed by atoms with Crippen LogP contribution in [0.2, 0.25) is 0 Å². The maximum atomic E-state index is 14.0. The van der Waals surface area contributed by atoms with E-state index in [0.717, 1.165) is 5.56 Å². The Hall–Kier alpha value is -3.94. The van der Waals surface area contributed by atoms with Gasteiger partial charge in [0, 0.05) is 26.2 Å². The molecular weight excluding hydrogens is 442 g/mol. The van der Waals surface area contributed by atoms with Gasteiger partial charge in [0.05, 0.1) is 5.69 Å². The van der Waals surface area contributed by atoms with E-state index in [1.165, 1.54) is 18.2 Å². The van der Waals surface area contributed by atoms with E-state index in [1.54, 1.807) is 59.5 Å². The van der Waals surface area contributed by atoms with Gasteiger partial charge in [-0.3, -0.25) is 4.79 Å². The minimum absolute atomic E-state index is 0.149. The fourth-order valence-electron chi connectivity index (χ4n) is 3.70. The van der Waals surface area contributed by atoms with Gasteiger partial charge < -0.3 is 19.3 Å². The number of carbonyl (C=O) groups excluding carboxylic acids is 2. The van der Waals surface area contributed by atoms with Crippen molar-refractivity contribution in [1.29, 1.82) is 0 Å². The van der Waals surface area contributed by atoms with Crippen LogP contribution in [0, 0.1) is 11.6 Å². The normalized spacial score (nSPS) is 13.5. The number of piperazine rings is 1. The third-order valence-corrected chi connectivity index (χ3v) is 5.57. The number of benzene rings is 3. The highest BCUT2D eigenvalue weighted by Gasteiger charge is 2.24. The van der Waals surface area contributed by atoms with Gasteiger partial charge in [0.1, 0.15) is 29.6 Å². The summed E-state index contributed by atoms with van der Waals surface area (Å²) in [5.41, 5.74) is 1.45. The van der Waals surface area contributed by atoms with Crippen molar-refractivity contribution < 1.29 is 27.8 Å². The van der Waals surface area contributed by atoms with Gasteiger partial charge in [-0.15, -0.1) is 0 Å². The molecule has 34 heavy (non-hydrogen) atoms. The lowest BCUT2D eigenvalue weighted by Gasteiger charge is -2.36. The predicted molar refractivity (Wildman–Crippen MR) is 123 cm³/mol. The van der Waals surface area contributed by atoms with E-state index in [0.29, 0.717) is 37.6 Å². The van der Waals surface area contributed by atoms with Crippen molar-refractivity contribution in [2.24, 2.45) is 0 Å². The smallest absolute Gasteiger partial charge is 0.342 e. The lowest BCUT2D eigenvalue weighted by atomic mass is 10.2. The minimum atomic E-state index is -0.673. The number of amides is 1. The average Bonchev–Trinajstić information content (AvgIpc) is 2.87. The molecule has 0 radical (unpaired) electrons. The topological polar surface area (TPSA) is 59.1 Å². The fourth-order valence-corrected chi connectivity index (χ4v) is 3.70. The molecule has 1 heterocycles. The van der Waals surface area contributed by atoms with Crippen molar-refractivity contribution in [2.45, 2.75) is 6.61 Å². The van der Waals surface area contributed by atoms with E-state index >= 15 is 0 Å². The summed E-state index contributed by atoms with van der Waals surface area (Å²) in [7, 11) is 0. The summed E-state index contributed by atoms with van der Waals surface area (Å²) in [6.07, 6.45) is 0. The summed E-state index contributed by atoms with van der Waals surface area (Å²) in [5.74, 6) is -1.32. The van der Waals surface area contributed by atoms with Gasteiger partial charge in [-0.2, -0.15) is 0 Å². The molecular formula is C26H24F2N2O4. The quantitative estimate of drug-likeness (QED) is 0.492. The van der Waals surface area contributed by atoms with Crippen LogP contribution in [0.4, 0.5) is 14.5 Å². The highest BCUT2D eigenvalue weighted by atomic mass is 19.1. The first kappa shape index (κ1) is 23.2. The monoisotopic (exact) mass is 466 g/mol. The number of ether oxygens (including phenoxy) is 2. The Labute approximate surface area is 196 Å². The third kappa shape index (κ3) is 5.70. The van der Waals surface area contributed by atoms with E-state index in [1.807, 2.05) is 4.90 Å². The molecule has 0 aliphatic carbocycles. The van der Waals surface area contributed by atoms with Crippen molar-refractivity contribution in [2.75, 3.05) is 37.7 Å². The maximum Gasteiger partial charge on any atom is 0.342 e. The third-order valence-electron chi connectivity index (χ3n) is 5.57. The number of carbonyl (C=O) groups is 2. The van der Waals surface area contributed by atoms with Gasteiger partial charge >= 0.3 is 5.97 Å². The summed E-state index contributed by atoms with van der Waals surface area (Å²) >= 11 is 0. The number of esters is 1. The van der Waals surface area contributed by atoms with Crippen LogP contribution in [0.1, 0.15) is 15.9 Å². The van der Waals surface area contributed by atoms with Crippen molar-refractivity contribution in [3.05, 3.63) is 95.6 Å². The molecule has 0 aromatic heterocycles. The highest BCUT2D eigenvalue weighted by molar-refractivity contribution is 5.94. The van der Waals surface area contributed by atoms with Gasteiger partial charge in [-0.1, -0.05) is 36.4 Å². The van der Waals surface area contributed by atoms with Crippen molar-refractivity contribution in [1.82, 2.24) is 4.90 Å². The van der Waals surface area contributed by atoms with Crippen LogP contribution >= 0.6 is 0 Å². The summed E-state index contributed by atoms with van der Waals surface area (Å²) in [6, 6.07) is 19.0. The molecule has 0 atom stereocenters. The van der Waals surface area contributed by atoms with Crippen LogP contribution in [0.15, 0.2) is 72.8 Å². The van der Waals surface area contributed by atoms with Gasteiger partial charge in [0.15, 0.2) is 6.61 Å². The Morgan fingerprint density at radius 2 is 1.50 bits per heavy atom. The molecule has 3 aromatic rings. The van der Waals surface area contributed by atoms with E-state index in [4.69, 9.17) is 9.47 Å². The SMILES string of the molecule is O=C(OCC(=O)N1CCN(c2ccccc2F)CC1)c1ccccc1OCc1ccc(F)cc1. The summed E-state index contributed by atoms with van der Waals surface area (Å²) < 4.78 is 38.0. The maximum absolute atomic E-state index is 14.0. The minimum Gasteiger partial charge on any atom is -0.488 e. The number of nitrogens with zero attached hydrogens (tertiary/aromatic N) is 2. The molecule has 1 aliphatic rings. The molecule has 1 aliphatic heterocycles. The second kappa shape index (κ2) is 10.8. The van der Waals surface area contributed by atoms with Crippen LogP contribution in [-0.2, 0) is 16.1 Å². The first-order chi connectivity index (χ1) is 16.5. The molecule has 1 saturated heterocycles. The second-order valence-corrected chi connectivity index (χ2v) is 7.81. The molecule has 1 amide bonds. The zero-order chi connectivity index (χ0) is 23.9. The number of anilines is 1. The summed E-state index contributed by atoms with van der Waals surface area (Å²) in [6.45, 7) is 1.53. The van der Waals surface area contributed by atoms with Gasteiger partial charge in [0.2, 0.25) is 0 Å². The number of halogens is 2. The van der Waals surface area contributed by atoms with Crippen LogP contribution in [0.3, 0.4) is 0 Å². The summed E-state index contributed by atoms with van der Waals surface area (Å²) in [5, 5.41) is 0. The zero-order valence-electron chi connectivity index (χ0n) is 18.5. The van der Waals surface area contributed by atoms with E-state index < -0.39 is 12.6 Å². The highest BCUT2D eigenvalue weighted by Crippen LogP contribution is 2.22. The summed E-state index contributed by atoms with van der Waals surface area (Å²) in [4.78, 5) is 28.7. The molecule has 0 saturated carbocycles. The van der Waals surface area contributed by atoms with Gasteiger partial charge in [-0.05, 0) is 42.0 Å². The molecule has 0 bridgehead atoms. The Balaban J connectivity index is 1.29. The lowest BCUT2D eigenvalue weighted by Crippen LogP contribution is -2.50. The van der Waals surface area contributed by atoms with E-state index in [2.05, 4.69) is 0 Å². The molecule has 0 N–H and O–H groups in total. The number of hydrogen-bond donors (Lipinski definition) is 0. The Morgan fingerprint density at radius 1 is 0.824 bits per heavy atom. The van der Waals surface area contributed by atoms with Crippen LogP contribution in [-0.4, -0.2) is 49.6 Å². The first-order valence-corrected chi connectivity index (χ1v) is 10.9. The Bertz CT molecular complexity index is 1150. The molecule has 6 nitrogen and oxygen atoms in total. The molecule has 8 heteroatoms.